The molecule has 2 aromatic rings. The molecular formula is C26H33ClFNO2. The van der Waals surface area contributed by atoms with Crippen LogP contribution in [0.25, 0.3) is 0 Å². The number of nitrogens with one attached hydrogen (secondary N) is 1. The van der Waals surface area contributed by atoms with E-state index in [0.29, 0.717) is 36.0 Å². The summed E-state index contributed by atoms with van der Waals surface area (Å²) >= 11 is 6.24. The second kappa shape index (κ2) is 11.6. The minimum absolute atomic E-state index is 0.00900. The topological polar surface area (TPSA) is 38.3 Å². The highest BCUT2D eigenvalue weighted by Crippen LogP contribution is 2.39. The van der Waals surface area contributed by atoms with Gasteiger partial charge in [-0.2, -0.15) is 0 Å². The van der Waals surface area contributed by atoms with Crippen LogP contribution in [0.1, 0.15) is 70.3 Å². The van der Waals surface area contributed by atoms with E-state index in [0.717, 1.165) is 25.8 Å². The maximum absolute atomic E-state index is 15.4. The smallest absolute Gasteiger partial charge is 0.181 e. The van der Waals surface area contributed by atoms with Gasteiger partial charge >= 0.3 is 0 Å². The van der Waals surface area contributed by atoms with Gasteiger partial charge in [0.05, 0.1) is 5.02 Å². The molecule has 0 aromatic heterocycles. The summed E-state index contributed by atoms with van der Waals surface area (Å²) in [5.41, 5.74) is 0.603. The third-order valence-electron chi connectivity index (χ3n) is 5.88. The lowest BCUT2D eigenvalue weighted by Crippen LogP contribution is -2.18. The predicted molar refractivity (Wildman–Crippen MR) is 125 cm³/mol. The summed E-state index contributed by atoms with van der Waals surface area (Å²) in [6, 6.07) is 13.2. The van der Waals surface area contributed by atoms with Gasteiger partial charge < -0.3 is 10.1 Å². The number of ketones is 1. The normalized spacial score (nSPS) is 15.5. The maximum atomic E-state index is 15.4. The zero-order valence-corrected chi connectivity index (χ0v) is 19.3. The number of halogens is 2. The van der Waals surface area contributed by atoms with Crippen LogP contribution >= 0.6 is 11.6 Å². The molecule has 2 aromatic carbocycles. The molecule has 1 fully saturated rings. The van der Waals surface area contributed by atoms with Crippen LogP contribution in [-0.2, 0) is 4.79 Å². The van der Waals surface area contributed by atoms with Crippen molar-refractivity contribution in [3.05, 3.63) is 58.9 Å². The first-order valence-electron chi connectivity index (χ1n) is 11.4. The number of para-hydroxylation sites is 1. The standard InChI is InChI=1S/C26H33ClFNO2/c1-3-19(16-18(2)17-21(30)8-7-15-29-20-11-12-20)23-13-14-24(27)26(25(23)28)31-22-9-5-4-6-10-22/h4-6,9-10,13-14,18-20,29H,3,7-8,11-12,15-17H2,1-2H3/t18-,19+/m1/s1. The summed E-state index contributed by atoms with van der Waals surface area (Å²) in [5, 5.41) is 3.70. The van der Waals surface area contributed by atoms with E-state index in [1.807, 2.05) is 18.2 Å². The highest BCUT2D eigenvalue weighted by Gasteiger charge is 2.23. The molecule has 0 aliphatic heterocycles. The van der Waals surface area contributed by atoms with Gasteiger partial charge in [0.15, 0.2) is 11.6 Å². The number of benzene rings is 2. The SMILES string of the molecule is CC[C@@H](C[C@@H](C)CC(=O)CCCNC1CC1)c1ccc(Cl)c(Oc2ccccc2)c1F. The zero-order valence-electron chi connectivity index (χ0n) is 18.5. The van der Waals surface area contributed by atoms with Crippen molar-refractivity contribution in [1.29, 1.82) is 0 Å². The van der Waals surface area contributed by atoms with Crippen molar-refractivity contribution in [3.8, 4) is 11.5 Å². The third kappa shape index (κ3) is 7.33. The molecular weight excluding hydrogens is 413 g/mol. The van der Waals surface area contributed by atoms with Crippen molar-refractivity contribution >= 4 is 17.4 Å². The molecule has 3 nitrogen and oxygen atoms in total. The van der Waals surface area contributed by atoms with E-state index in [-0.39, 0.29) is 22.6 Å². The van der Waals surface area contributed by atoms with Gasteiger partial charge in [-0.05, 0) is 74.2 Å². The van der Waals surface area contributed by atoms with Crippen molar-refractivity contribution in [2.24, 2.45) is 5.92 Å². The third-order valence-corrected chi connectivity index (χ3v) is 6.18. The van der Waals surface area contributed by atoms with Crippen molar-refractivity contribution in [3.63, 3.8) is 0 Å². The Bertz CT molecular complexity index is 854. The second-order valence-electron chi connectivity index (χ2n) is 8.72. The molecule has 31 heavy (non-hydrogen) atoms. The first-order chi connectivity index (χ1) is 15.0. The lowest BCUT2D eigenvalue weighted by molar-refractivity contribution is -0.120. The van der Waals surface area contributed by atoms with Gasteiger partial charge in [-0.15, -0.1) is 0 Å². The Balaban J connectivity index is 1.58. The van der Waals surface area contributed by atoms with E-state index in [2.05, 4.69) is 19.2 Å². The van der Waals surface area contributed by atoms with Crippen LogP contribution in [0.4, 0.5) is 4.39 Å². The predicted octanol–water partition coefficient (Wildman–Crippen LogP) is 7.28. The van der Waals surface area contributed by atoms with Gasteiger partial charge in [-0.25, -0.2) is 4.39 Å². The number of rotatable bonds is 13. The molecule has 1 aliphatic rings. The van der Waals surface area contributed by atoms with E-state index in [4.69, 9.17) is 16.3 Å². The molecule has 0 amide bonds. The largest absolute Gasteiger partial charge is 0.453 e. The molecule has 168 valence electrons. The quantitative estimate of drug-likeness (QED) is 0.329. The van der Waals surface area contributed by atoms with Crippen LogP contribution in [0.3, 0.4) is 0 Å². The monoisotopic (exact) mass is 445 g/mol. The van der Waals surface area contributed by atoms with Crippen molar-refractivity contribution < 1.29 is 13.9 Å². The van der Waals surface area contributed by atoms with Gasteiger partial charge in [0.1, 0.15) is 11.5 Å². The minimum atomic E-state index is -0.409. The van der Waals surface area contributed by atoms with Crippen LogP contribution in [0.5, 0.6) is 11.5 Å². The van der Waals surface area contributed by atoms with Gasteiger partial charge in [-0.3, -0.25) is 4.79 Å². The summed E-state index contributed by atoms with van der Waals surface area (Å²) < 4.78 is 21.1. The molecule has 0 bridgehead atoms. The lowest BCUT2D eigenvalue weighted by Gasteiger charge is -2.22. The molecule has 1 aliphatic carbocycles. The van der Waals surface area contributed by atoms with Crippen LogP contribution < -0.4 is 10.1 Å². The molecule has 0 heterocycles. The summed E-state index contributed by atoms with van der Waals surface area (Å²) in [4.78, 5) is 12.3. The van der Waals surface area contributed by atoms with Crippen LogP contribution in [-0.4, -0.2) is 18.4 Å². The Morgan fingerprint density at radius 2 is 1.97 bits per heavy atom. The van der Waals surface area contributed by atoms with Crippen molar-refractivity contribution in [1.82, 2.24) is 5.32 Å². The molecule has 3 rings (SSSR count). The Kier molecular flexibility index (Phi) is 8.91. The molecule has 1 saturated carbocycles. The second-order valence-corrected chi connectivity index (χ2v) is 9.12. The molecule has 0 saturated heterocycles. The maximum Gasteiger partial charge on any atom is 0.181 e. The molecule has 5 heteroatoms. The van der Waals surface area contributed by atoms with Crippen LogP contribution in [0, 0.1) is 11.7 Å². The fraction of sp³-hybridized carbons (Fsp3) is 0.500. The summed E-state index contributed by atoms with van der Waals surface area (Å²) in [7, 11) is 0. The number of carbonyl (C=O) groups is 1. The number of Topliss-reactive ketones (excluding diaryl/α,β-unsaturated/α-hetero) is 1. The molecule has 0 radical (unpaired) electrons. The molecule has 0 unspecified atom stereocenters. The molecule has 1 N–H and O–H groups in total. The van der Waals surface area contributed by atoms with Crippen LogP contribution in [0.15, 0.2) is 42.5 Å². The van der Waals surface area contributed by atoms with E-state index in [1.54, 1.807) is 24.3 Å². The molecule has 2 atom stereocenters. The fourth-order valence-corrected chi connectivity index (χ4v) is 4.20. The number of ether oxygens (including phenoxy) is 1. The Morgan fingerprint density at radius 1 is 1.23 bits per heavy atom. The average Bonchev–Trinajstić information content (AvgIpc) is 3.58. The molecule has 0 spiro atoms. The number of hydrogen-bond donors (Lipinski definition) is 1. The van der Waals surface area contributed by atoms with Crippen LogP contribution in [0.2, 0.25) is 5.02 Å². The van der Waals surface area contributed by atoms with Crippen molar-refractivity contribution in [2.45, 2.75) is 70.8 Å². The van der Waals surface area contributed by atoms with Gasteiger partial charge in [-0.1, -0.05) is 49.7 Å². The zero-order chi connectivity index (χ0) is 22.2. The lowest BCUT2D eigenvalue weighted by atomic mass is 9.85. The van der Waals surface area contributed by atoms with Gasteiger partial charge in [0.25, 0.3) is 0 Å². The van der Waals surface area contributed by atoms with Gasteiger partial charge in [0, 0.05) is 18.9 Å². The average molecular weight is 446 g/mol. The minimum Gasteiger partial charge on any atom is -0.453 e. The van der Waals surface area contributed by atoms with Crippen molar-refractivity contribution in [2.75, 3.05) is 6.54 Å². The van der Waals surface area contributed by atoms with E-state index in [1.165, 1.54) is 12.8 Å². The highest BCUT2D eigenvalue weighted by atomic mass is 35.5. The van der Waals surface area contributed by atoms with E-state index < -0.39 is 5.82 Å². The summed E-state index contributed by atoms with van der Waals surface area (Å²) in [5.74, 6) is 0.703. The number of hydrogen-bond acceptors (Lipinski definition) is 3. The first-order valence-corrected chi connectivity index (χ1v) is 11.8. The summed E-state index contributed by atoms with van der Waals surface area (Å²) in [6.07, 6.45) is 6.13. The first kappa shape index (κ1) is 23.7. The fourth-order valence-electron chi connectivity index (χ4n) is 4.02. The summed E-state index contributed by atoms with van der Waals surface area (Å²) in [6.45, 7) is 5.05. The Hall–Kier alpha value is -1.91. The Morgan fingerprint density at radius 3 is 2.65 bits per heavy atom. The van der Waals surface area contributed by atoms with E-state index in [9.17, 15) is 4.79 Å². The Labute approximate surface area is 190 Å². The van der Waals surface area contributed by atoms with Gasteiger partial charge in [0.2, 0.25) is 0 Å². The highest BCUT2D eigenvalue weighted by molar-refractivity contribution is 6.32. The van der Waals surface area contributed by atoms with E-state index >= 15 is 4.39 Å². The number of carbonyl (C=O) groups excluding carboxylic acids is 1.